The molecule has 2 saturated carbocycles. The number of unbranched alkanes of at least 4 members (excludes halogenated alkanes) is 2. The third-order valence-corrected chi connectivity index (χ3v) is 7.89. The van der Waals surface area contributed by atoms with Gasteiger partial charge in [0.2, 0.25) is 0 Å². The van der Waals surface area contributed by atoms with Gasteiger partial charge in [-0.1, -0.05) is 97.3 Å². The molecule has 0 aliphatic heterocycles. The second-order valence-corrected chi connectivity index (χ2v) is 9.75. The highest BCUT2D eigenvalue weighted by molar-refractivity contribution is 5.85. The maximum atomic E-state index is 13.9. The molecule has 0 aromatic heterocycles. The van der Waals surface area contributed by atoms with Crippen molar-refractivity contribution in [2.45, 2.75) is 142 Å². The molecule has 2 aliphatic rings. The van der Waals surface area contributed by atoms with E-state index >= 15 is 0 Å². The van der Waals surface area contributed by atoms with E-state index < -0.39 is 0 Å². The fourth-order valence-corrected chi connectivity index (χ4v) is 6.32. The summed E-state index contributed by atoms with van der Waals surface area (Å²) >= 11 is 0. The first kappa shape index (κ1) is 23.0. The normalized spacial score (nSPS) is 21.9. The molecule has 2 aliphatic carbocycles. The summed E-state index contributed by atoms with van der Waals surface area (Å²) in [4.78, 5) is 13.9. The van der Waals surface area contributed by atoms with Crippen LogP contribution in [0.2, 0.25) is 0 Å². The third kappa shape index (κ3) is 6.60. The van der Waals surface area contributed by atoms with Crippen LogP contribution in [0.15, 0.2) is 0 Å². The number of ketones is 1. The smallest absolute Gasteiger partial charge is 0.139 e. The minimum Gasteiger partial charge on any atom is -0.299 e. The molecule has 27 heavy (non-hydrogen) atoms. The lowest BCUT2D eigenvalue weighted by Crippen LogP contribution is -2.46. The van der Waals surface area contributed by atoms with Crippen LogP contribution in [-0.4, -0.2) is 5.78 Å². The van der Waals surface area contributed by atoms with E-state index in [2.05, 4.69) is 13.8 Å². The first-order valence-electron chi connectivity index (χ1n) is 12.8. The highest BCUT2D eigenvalue weighted by Gasteiger charge is 2.48. The van der Waals surface area contributed by atoms with E-state index in [1.807, 2.05) is 0 Å². The summed E-state index contributed by atoms with van der Waals surface area (Å²) in [5.74, 6) is 2.05. The van der Waals surface area contributed by atoms with Crippen LogP contribution in [0.25, 0.3) is 0 Å². The van der Waals surface area contributed by atoms with Crippen molar-refractivity contribution in [3.63, 3.8) is 0 Å². The second kappa shape index (κ2) is 13.0. The fraction of sp³-hybridized carbons (Fsp3) is 0.962. The van der Waals surface area contributed by atoms with E-state index in [0.717, 1.165) is 19.3 Å². The van der Waals surface area contributed by atoms with E-state index in [4.69, 9.17) is 0 Å². The summed E-state index contributed by atoms with van der Waals surface area (Å²) in [6.45, 7) is 4.56. The van der Waals surface area contributed by atoms with Crippen molar-refractivity contribution in [2.24, 2.45) is 17.3 Å². The van der Waals surface area contributed by atoms with E-state index in [1.54, 1.807) is 0 Å². The van der Waals surface area contributed by atoms with Gasteiger partial charge in [-0.3, -0.25) is 4.79 Å². The highest BCUT2D eigenvalue weighted by atomic mass is 16.1. The van der Waals surface area contributed by atoms with Gasteiger partial charge in [0, 0.05) is 11.8 Å². The van der Waals surface area contributed by atoms with Crippen molar-refractivity contribution in [1.82, 2.24) is 0 Å². The van der Waals surface area contributed by atoms with Crippen LogP contribution in [0.3, 0.4) is 0 Å². The topological polar surface area (TPSA) is 17.1 Å². The van der Waals surface area contributed by atoms with Gasteiger partial charge in [0.25, 0.3) is 0 Å². The zero-order chi connectivity index (χ0) is 19.4. The lowest BCUT2D eigenvalue weighted by molar-refractivity contribution is -0.139. The highest BCUT2D eigenvalue weighted by Crippen LogP contribution is 2.52. The lowest BCUT2D eigenvalue weighted by atomic mass is 9.55. The van der Waals surface area contributed by atoms with E-state index in [0.29, 0.717) is 17.6 Å². The number of carbonyl (C=O) groups excluding carboxylic acids is 1. The minimum absolute atomic E-state index is 0.0276. The Bertz CT molecular complexity index is 361. The fourth-order valence-electron chi connectivity index (χ4n) is 6.32. The summed E-state index contributed by atoms with van der Waals surface area (Å²) in [7, 11) is 0. The van der Waals surface area contributed by atoms with Gasteiger partial charge in [-0.25, -0.2) is 0 Å². The molecular weight excluding hydrogens is 328 g/mol. The van der Waals surface area contributed by atoms with Gasteiger partial charge in [-0.05, 0) is 50.4 Å². The monoisotopic (exact) mass is 376 g/mol. The average molecular weight is 377 g/mol. The number of Topliss-reactive ketones (excluding diaryl/α,β-unsaturated/α-hetero) is 1. The molecule has 158 valence electrons. The number of hydrogen-bond acceptors (Lipinski definition) is 1. The van der Waals surface area contributed by atoms with E-state index in [-0.39, 0.29) is 5.41 Å². The van der Waals surface area contributed by atoms with Crippen molar-refractivity contribution in [3.8, 4) is 0 Å². The van der Waals surface area contributed by atoms with Crippen LogP contribution >= 0.6 is 0 Å². The molecule has 2 fully saturated rings. The van der Waals surface area contributed by atoms with E-state index in [1.165, 1.54) is 109 Å². The number of rotatable bonds is 9. The van der Waals surface area contributed by atoms with Gasteiger partial charge in [0.15, 0.2) is 0 Å². The van der Waals surface area contributed by atoms with E-state index in [9.17, 15) is 4.79 Å². The van der Waals surface area contributed by atoms with Crippen molar-refractivity contribution in [1.29, 1.82) is 0 Å². The molecule has 0 N–H and O–H groups in total. The molecule has 1 nitrogen and oxygen atoms in total. The van der Waals surface area contributed by atoms with Crippen LogP contribution in [-0.2, 0) is 4.79 Å². The predicted molar refractivity (Wildman–Crippen MR) is 118 cm³/mol. The molecule has 0 heterocycles. The van der Waals surface area contributed by atoms with Gasteiger partial charge < -0.3 is 0 Å². The molecule has 0 aromatic rings. The predicted octanol–water partition coefficient (Wildman–Crippen LogP) is 8.64. The summed E-state index contributed by atoms with van der Waals surface area (Å²) < 4.78 is 0. The molecule has 0 bridgehead atoms. The van der Waals surface area contributed by atoms with Crippen LogP contribution in [0.5, 0.6) is 0 Å². The molecule has 2 rings (SSSR count). The third-order valence-electron chi connectivity index (χ3n) is 7.89. The Morgan fingerprint density at radius 3 is 1.48 bits per heavy atom. The SMILES string of the molecule is CCCCC(=O)C(CCCC)(C1CCCCCCC1)C1CCCCCCC1. The molecule has 0 radical (unpaired) electrons. The molecule has 0 atom stereocenters. The quantitative estimate of drug-likeness (QED) is 0.393. The maximum absolute atomic E-state index is 13.9. The molecular formula is C26H48O. The Morgan fingerprint density at radius 1 is 0.667 bits per heavy atom. The Morgan fingerprint density at radius 2 is 1.07 bits per heavy atom. The lowest BCUT2D eigenvalue weighted by Gasteiger charge is -2.47. The molecule has 0 unspecified atom stereocenters. The average Bonchev–Trinajstić information content (AvgIpc) is 2.62. The molecule has 0 spiro atoms. The molecule has 0 aromatic carbocycles. The standard InChI is InChI=1S/C26H48O/c1-3-5-21-25(27)26(22-6-4-2,23-17-13-9-7-10-14-18-23)24-19-15-11-8-12-16-20-24/h23-24H,3-22H2,1-2H3. The zero-order valence-electron chi connectivity index (χ0n) is 18.7. The van der Waals surface area contributed by atoms with Crippen molar-refractivity contribution >= 4 is 5.78 Å². The molecule has 1 heteroatoms. The molecule has 0 amide bonds. The minimum atomic E-state index is 0.0276. The Balaban J connectivity index is 2.33. The van der Waals surface area contributed by atoms with Gasteiger partial charge in [-0.15, -0.1) is 0 Å². The van der Waals surface area contributed by atoms with Crippen molar-refractivity contribution < 1.29 is 4.79 Å². The summed E-state index contributed by atoms with van der Waals surface area (Å²) in [6, 6.07) is 0. The Kier molecular flexibility index (Phi) is 11.0. The first-order valence-corrected chi connectivity index (χ1v) is 12.8. The Labute approximate surface area is 170 Å². The first-order chi connectivity index (χ1) is 13.3. The summed E-state index contributed by atoms with van der Waals surface area (Å²) in [5, 5.41) is 0. The summed E-state index contributed by atoms with van der Waals surface area (Å²) in [5.41, 5.74) is 0.0276. The Hall–Kier alpha value is -0.330. The van der Waals surface area contributed by atoms with Gasteiger partial charge in [0.1, 0.15) is 5.78 Å². The van der Waals surface area contributed by atoms with Gasteiger partial charge >= 0.3 is 0 Å². The van der Waals surface area contributed by atoms with Crippen LogP contribution in [0.4, 0.5) is 0 Å². The number of hydrogen-bond donors (Lipinski definition) is 0. The number of carbonyl (C=O) groups is 1. The second-order valence-electron chi connectivity index (χ2n) is 9.75. The van der Waals surface area contributed by atoms with Crippen LogP contribution in [0.1, 0.15) is 142 Å². The van der Waals surface area contributed by atoms with Crippen LogP contribution < -0.4 is 0 Å². The van der Waals surface area contributed by atoms with Crippen LogP contribution in [0, 0.1) is 17.3 Å². The van der Waals surface area contributed by atoms with Gasteiger partial charge in [-0.2, -0.15) is 0 Å². The molecule has 0 saturated heterocycles. The largest absolute Gasteiger partial charge is 0.299 e. The van der Waals surface area contributed by atoms with Gasteiger partial charge in [0.05, 0.1) is 0 Å². The maximum Gasteiger partial charge on any atom is 0.139 e. The summed E-state index contributed by atoms with van der Waals surface area (Å²) in [6.07, 6.45) is 26.0. The van der Waals surface area contributed by atoms with Crippen molar-refractivity contribution in [2.75, 3.05) is 0 Å². The zero-order valence-corrected chi connectivity index (χ0v) is 18.7. The van der Waals surface area contributed by atoms with Crippen molar-refractivity contribution in [3.05, 3.63) is 0 Å².